The first kappa shape index (κ1) is 17.2. The van der Waals surface area contributed by atoms with E-state index >= 15 is 0 Å². The van der Waals surface area contributed by atoms with E-state index < -0.39 is 0 Å². The van der Waals surface area contributed by atoms with Gasteiger partial charge in [-0.3, -0.25) is 4.79 Å². The minimum Gasteiger partial charge on any atom is -0.393 e. The summed E-state index contributed by atoms with van der Waals surface area (Å²) in [6, 6.07) is 9.42. The summed E-state index contributed by atoms with van der Waals surface area (Å²) < 4.78 is 1.86. The summed E-state index contributed by atoms with van der Waals surface area (Å²) in [5, 5.41) is 16.7. The van der Waals surface area contributed by atoms with Gasteiger partial charge in [0.2, 0.25) is 0 Å². The fraction of sp³-hybridized carbons (Fsp3) is 0.444. The number of hydrogen-bond donors (Lipinski definition) is 2. The predicted molar refractivity (Wildman–Crippen MR) is 90.8 cm³/mol. The first-order valence-corrected chi connectivity index (χ1v) is 7.96. The Hall–Kier alpha value is -2.14. The van der Waals surface area contributed by atoms with E-state index in [2.05, 4.69) is 10.4 Å². The highest BCUT2D eigenvalue weighted by molar-refractivity contribution is 5.94. The van der Waals surface area contributed by atoms with Crippen molar-refractivity contribution >= 4 is 5.91 Å². The topological polar surface area (TPSA) is 67.2 Å². The van der Waals surface area contributed by atoms with Crippen LogP contribution < -0.4 is 5.32 Å². The Morgan fingerprint density at radius 1 is 1.26 bits per heavy atom. The van der Waals surface area contributed by atoms with Crippen LogP contribution in [0.3, 0.4) is 0 Å². The van der Waals surface area contributed by atoms with Gasteiger partial charge in [-0.25, -0.2) is 4.68 Å². The van der Waals surface area contributed by atoms with E-state index in [1.54, 1.807) is 19.1 Å². The van der Waals surface area contributed by atoms with Crippen LogP contribution in [-0.4, -0.2) is 33.4 Å². The Morgan fingerprint density at radius 3 is 2.43 bits per heavy atom. The fourth-order valence-corrected chi connectivity index (χ4v) is 2.68. The van der Waals surface area contributed by atoms with Gasteiger partial charge >= 0.3 is 0 Å². The van der Waals surface area contributed by atoms with E-state index in [4.69, 9.17) is 0 Å². The molecule has 2 aromatic rings. The van der Waals surface area contributed by atoms with Crippen LogP contribution in [0.5, 0.6) is 0 Å². The number of nitrogens with one attached hydrogen (secondary N) is 1. The maximum Gasteiger partial charge on any atom is 0.251 e. The fourth-order valence-electron chi connectivity index (χ4n) is 2.68. The van der Waals surface area contributed by atoms with Crippen LogP contribution in [0.15, 0.2) is 30.3 Å². The zero-order valence-corrected chi connectivity index (χ0v) is 14.2. The van der Waals surface area contributed by atoms with Crippen molar-refractivity contribution in [1.29, 1.82) is 0 Å². The van der Waals surface area contributed by atoms with Gasteiger partial charge in [0.15, 0.2) is 0 Å². The van der Waals surface area contributed by atoms with Gasteiger partial charge in [0.05, 0.1) is 17.5 Å². The van der Waals surface area contributed by atoms with Crippen molar-refractivity contribution in [2.75, 3.05) is 6.54 Å². The van der Waals surface area contributed by atoms with Crippen molar-refractivity contribution < 1.29 is 9.90 Å². The van der Waals surface area contributed by atoms with E-state index in [1.165, 1.54) is 0 Å². The minimum atomic E-state index is -0.345. The molecule has 5 heteroatoms. The molecular formula is C18H25N3O2. The van der Waals surface area contributed by atoms with Gasteiger partial charge in [-0.15, -0.1) is 0 Å². The van der Waals surface area contributed by atoms with Crippen molar-refractivity contribution in [1.82, 2.24) is 15.1 Å². The Balaban J connectivity index is 1.99. The number of aliphatic hydroxyl groups excluding tert-OH is 1. The van der Waals surface area contributed by atoms with Gasteiger partial charge in [0.1, 0.15) is 0 Å². The second-order valence-electron chi connectivity index (χ2n) is 6.29. The summed E-state index contributed by atoms with van der Waals surface area (Å²) in [6.45, 7) is 8.29. The first-order chi connectivity index (χ1) is 10.9. The molecular weight excluding hydrogens is 290 g/mol. The highest BCUT2D eigenvalue weighted by Crippen LogP contribution is 2.13. The zero-order valence-electron chi connectivity index (χ0n) is 14.2. The summed E-state index contributed by atoms with van der Waals surface area (Å²) in [5.41, 5.74) is 3.59. The zero-order chi connectivity index (χ0) is 17.0. The third-order valence-corrected chi connectivity index (χ3v) is 3.74. The smallest absolute Gasteiger partial charge is 0.251 e. The molecule has 2 N–H and O–H groups in total. The van der Waals surface area contributed by atoms with Crippen LogP contribution in [0.4, 0.5) is 0 Å². The van der Waals surface area contributed by atoms with Gasteiger partial charge in [-0.2, -0.15) is 5.10 Å². The van der Waals surface area contributed by atoms with Crippen LogP contribution in [0.2, 0.25) is 0 Å². The van der Waals surface area contributed by atoms with Gasteiger partial charge < -0.3 is 10.4 Å². The molecule has 2 rings (SSSR count). The lowest BCUT2D eigenvalue weighted by Crippen LogP contribution is -2.29. The molecule has 0 aliphatic heterocycles. The summed E-state index contributed by atoms with van der Waals surface area (Å²) in [6.07, 6.45) is 0.332. The summed E-state index contributed by atoms with van der Waals surface area (Å²) in [7, 11) is 0. The average molecular weight is 315 g/mol. The molecule has 0 saturated heterocycles. The second kappa shape index (κ2) is 7.42. The molecule has 0 spiro atoms. The molecule has 124 valence electrons. The maximum absolute atomic E-state index is 12.2. The third kappa shape index (κ3) is 4.66. The lowest BCUT2D eigenvalue weighted by atomic mass is 10.0. The normalized spacial score (nSPS) is 13.6. The molecule has 2 atom stereocenters. The van der Waals surface area contributed by atoms with E-state index in [0.717, 1.165) is 17.1 Å². The predicted octanol–water partition coefficient (Wildman–Crippen LogP) is 2.63. The van der Waals surface area contributed by atoms with Gasteiger partial charge in [0, 0.05) is 17.8 Å². The molecule has 5 nitrogen and oxygen atoms in total. The van der Waals surface area contributed by atoms with E-state index in [0.29, 0.717) is 18.5 Å². The van der Waals surface area contributed by atoms with E-state index in [9.17, 15) is 9.90 Å². The summed E-state index contributed by atoms with van der Waals surface area (Å²) in [4.78, 5) is 12.2. The SMILES string of the molecule is Cc1cc(C)n(-c2ccc(C(=O)NCC(C)CC(C)O)cc2)n1. The van der Waals surface area contributed by atoms with Crippen LogP contribution >= 0.6 is 0 Å². The number of carbonyl (C=O) groups excluding carboxylic acids is 1. The Morgan fingerprint density at radius 2 is 1.91 bits per heavy atom. The number of nitrogens with zero attached hydrogens (tertiary/aromatic N) is 2. The van der Waals surface area contributed by atoms with Crippen molar-refractivity contribution in [2.45, 2.75) is 40.2 Å². The molecule has 0 bridgehead atoms. The van der Waals surface area contributed by atoms with Gasteiger partial charge in [-0.1, -0.05) is 6.92 Å². The summed E-state index contributed by atoms with van der Waals surface area (Å²) in [5.74, 6) is 0.148. The first-order valence-electron chi connectivity index (χ1n) is 7.96. The number of aromatic nitrogens is 2. The maximum atomic E-state index is 12.2. The molecule has 1 aromatic heterocycles. The largest absolute Gasteiger partial charge is 0.393 e. The molecule has 0 saturated carbocycles. The van der Waals surface area contributed by atoms with Gasteiger partial charge in [0.25, 0.3) is 5.91 Å². The number of amides is 1. The van der Waals surface area contributed by atoms with Crippen molar-refractivity contribution in [2.24, 2.45) is 5.92 Å². The molecule has 0 aliphatic carbocycles. The van der Waals surface area contributed by atoms with Crippen molar-refractivity contribution in [3.05, 3.63) is 47.3 Å². The van der Waals surface area contributed by atoms with E-state index in [1.807, 2.05) is 43.7 Å². The monoisotopic (exact) mass is 315 g/mol. The number of aliphatic hydroxyl groups is 1. The lowest BCUT2D eigenvalue weighted by Gasteiger charge is -2.14. The van der Waals surface area contributed by atoms with Crippen LogP contribution in [0.1, 0.15) is 42.0 Å². The standard InChI is InChI=1S/C18H25N3O2/c1-12(9-15(4)22)11-19-18(23)16-5-7-17(8-6-16)21-14(3)10-13(2)20-21/h5-8,10,12,15,22H,9,11H2,1-4H3,(H,19,23). The number of rotatable bonds is 6. The van der Waals surface area contributed by atoms with Gasteiger partial charge in [-0.05, 0) is 63.4 Å². The second-order valence-corrected chi connectivity index (χ2v) is 6.29. The molecule has 1 amide bonds. The average Bonchev–Trinajstić information content (AvgIpc) is 2.83. The van der Waals surface area contributed by atoms with Crippen LogP contribution in [0, 0.1) is 19.8 Å². The molecule has 2 unspecified atom stereocenters. The summed E-state index contributed by atoms with van der Waals surface area (Å²) >= 11 is 0. The number of benzene rings is 1. The molecule has 23 heavy (non-hydrogen) atoms. The van der Waals surface area contributed by atoms with Crippen LogP contribution in [0.25, 0.3) is 5.69 Å². The Kier molecular flexibility index (Phi) is 5.55. The number of carbonyl (C=O) groups is 1. The molecule has 1 aromatic carbocycles. The quantitative estimate of drug-likeness (QED) is 0.861. The molecule has 0 radical (unpaired) electrons. The molecule has 0 fully saturated rings. The van der Waals surface area contributed by atoms with Crippen molar-refractivity contribution in [3.8, 4) is 5.69 Å². The van der Waals surface area contributed by atoms with Crippen molar-refractivity contribution in [3.63, 3.8) is 0 Å². The highest BCUT2D eigenvalue weighted by Gasteiger charge is 2.10. The van der Waals surface area contributed by atoms with Crippen LogP contribution in [-0.2, 0) is 0 Å². The molecule has 1 heterocycles. The van der Waals surface area contributed by atoms with E-state index in [-0.39, 0.29) is 17.9 Å². The minimum absolute atomic E-state index is 0.0950. The highest BCUT2D eigenvalue weighted by atomic mass is 16.3. The third-order valence-electron chi connectivity index (χ3n) is 3.74. The Bertz CT molecular complexity index is 659. The Labute approximate surface area is 137 Å². The molecule has 0 aliphatic rings. The number of hydrogen-bond acceptors (Lipinski definition) is 3. The number of aryl methyl sites for hydroxylation is 2. The lowest BCUT2D eigenvalue weighted by molar-refractivity contribution is 0.0939.